The second-order valence-electron chi connectivity index (χ2n) is 4.54. The summed E-state index contributed by atoms with van der Waals surface area (Å²) in [6.45, 7) is 4.30. The molecule has 21 heavy (non-hydrogen) atoms. The number of fused-ring (bicyclic) bond motifs is 1. The monoisotopic (exact) mass is 286 g/mol. The van der Waals surface area contributed by atoms with E-state index in [-0.39, 0.29) is 12.5 Å². The van der Waals surface area contributed by atoms with Gasteiger partial charge in [-0.3, -0.25) is 14.6 Å². The minimum Gasteiger partial charge on any atom is -0.465 e. The van der Waals surface area contributed by atoms with E-state index < -0.39 is 5.97 Å². The van der Waals surface area contributed by atoms with Crippen LogP contribution in [-0.4, -0.2) is 41.5 Å². The van der Waals surface area contributed by atoms with E-state index >= 15 is 0 Å². The second-order valence-corrected chi connectivity index (χ2v) is 4.54. The molecular weight excluding hydrogens is 268 g/mol. The third-order valence-electron chi connectivity index (χ3n) is 3.14. The van der Waals surface area contributed by atoms with Crippen molar-refractivity contribution in [1.29, 1.82) is 0 Å². The second kappa shape index (κ2) is 6.83. The van der Waals surface area contributed by atoms with Crippen molar-refractivity contribution in [2.45, 2.75) is 13.8 Å². The Morgan fingerprint density at radius 1 is 1.24 bits per heavy atom. The maximum Gasteiger partial charge on any atom is 0.325 e. The molecule has 0 atom stereocenters. The van der Waals surface area contributed by atoms with Crippen LogP contribution in [0, 0.1) is 0 Å². The van der Waals surface area contributed by atoms with Crippen LogP contribution in [0.2, 0.25) is 0 Å². The van der Waals surface area contributed by atoms with Crippen LogP contribution in [0.25, 0.3) is 10.9 Å². The number of ether oxygens (including phenoxy) is 1. The van der Waals surface area contributed by atoms with Gasteiger partial charge in [0.1, 0.15) is 6.54 Å². The quantitative estimate of drug-likeness (QED) is 0.791. The molecule has 0 aliphatic carbocycles. The summed E-state index contributed by atoms with van der Waals surface area (Å²) < 4.78 is 4.89. The fourth-order valence-corrected chi connectivity index (χ4v) is 2.08. The largest absolute Gasteiger partial charge is 0.465 e. The van der Waals surface area contributed by atoms with E-state index in [0.29, 0.717) is 18.7 Å². The van der Waals surface area contributed by atoms with Crippen molar-refractivity contribution in [3.8, 4) is 0 Å². The molecule has 0 saturated heterocycles. The number of hydrogen-bond acceptors (Lipinski definition) is 4. The number of aromatic nitrogens is 1. The zero-order valence-corrected chi connectivity index (χ0v) is 12.2. The van der Waals surface area contributed by atoms with E-state index in [1.807, 2.05) is 19.1 Å². The molecule has 1 heterocycles. The van der Waals surface area contributed by atoms with Crippen LogP contribution in [0.5, 0.6) is 0 Å². The van der Waals surface area contributed by atoms with Crippen molar-refractivity contribution >= 4 is 22.8 Å². The number of amides is 1. The average Bonchev–Trinajstić information content (AvgIpc) is 2.51. The number of nitrogens with zero attached hydrogens (tertiary/aromatic N) is 2. The van der Waals surface area contributed by atoms with Crippen molar-refractivity contribution in [2.75, 3.05) is 19.7 Å². The van der Waals surface area contributed by atoms with Crippen molar-refractivity contribution in [3.05, 3.63) is 42.1 Å². The van der Waals surface area contributed by atoms with Crippen LogP contribution in [0.4, 0.5) is 0 Å². The van der Waals surface area contributed by atoms with Crippen molar-refractivity contribution in [3.63, 3.8) is 0 Å². The normalized spacial score (nSPS) is 10.4. The number of pyridine rings is 1. The van der Waals surface area contributed by atoms with Crippen molar-refractivity contribution in [1.82, 2.24) is 9.88 Å². The Morgan fingerprint density at radius 3 is 2.76 bits per heavy atom. The Labute approximate surface area is 123 Å². The van der Waals surface area contributed by atoms with Gasteiger partial charge in [0.05, 0.1) is 12.1 Å². The van der Waals surface area contributed by atoms with Crippen LogP contribution in [0.1, 0.15) is 24.2 Å². The summed E-state index contributed by atoms with van der Waals surface area (Å²) in [6.07, 6.45) is 1.71. The average molecular weight is 286 g/mol. The third-order valence-corrected chi connectivity index (χ3v) is 3.14. The van der Waals surface area contributed by atoms with Crippen molar-refractivity contribution in [2.24, 2.45) is 0 Å². The summed E-state index contributed by atoms with van der Waals surface area (Å²) in [5, 5.41) is 0.899. The van der Waals surface area contributed by atoms with Crippen LogP contribution >= 0.6 is 0 Å². The van der Waals surface area contributed by atoms with E-state index in [0.717, 1.165) is 10.9 Å². The van der Waals surface area contributed by atoms with Crippen molar-refractivity contribution < 1.29 is 14.3 Å². The lowest BCUT2D eigenvalue weighted by atomic mass is 10.1. The van der Waals surface area contributed by atoms with Gasteiger partial charge in [0, 0.05) is 23.7 Å². The molecule has 0 N–H and O–H groups in total. The van der Waals surface area contributed by atoms with E-state index in [1.54, 1.807) is 31.3 Å². The van der Waals surface area contributed by atoms with Gasteiger partial charge in [-0.25, -0.2) is 0 Å². The van der Waals surface area contributed by atoms with Gasteiger partial charge in [-0.05, 0) is 38.1 Å². The van der Waals surface area contributed by atoms with E-state index in [2.05, 4.69) is 4.98 Å². The molecule has 2 rings (SSSR count). The van der Waals surface area contributed by atoms with Gasteiger partial charge >= 0.3 is 5.97 Å². The Kier molecular flexibility index (Phi) is 4.87. The SMILES string of the molecule is CCOC(=O)CN(CC)C(=O)c1ccc2ncccc2c1. The topological polar surface area (TPSA) is 59.5 Å². The summed E-state index contributed by atoms with van der Waals surface area (Å²) in [5.74, 6) is -0.577. The van der Waals surface area contributed by atoms with Crippen LogP contribution in [-0.2, 0) is 9.53 Å². The molecule has 0 radical (unpaired) electrons. The molecule has 0 unspecified atom stereocenters. The molecule has 1 aromatic carbocycles. The fourth-order valence-electron chi connectivity index (χ4n) is 2.08. The van der Waals surface area contributed by atoms with Crippen LogP contribution < -0.4 is 0 Å². The first kappa shape index (κ1) is 15.0. The Bertz CT molecular complexity index is 655. The minimum absolute atomic E-state index is 0.0335. The number of likely N-dealkylation sites (N-methyl/N-ethyl adjacent to an activating group) is 1. The Hall–Kier alpha value is -2.43. The van der Waals surface area contributed by atoms with Gasteiger partial charge in [0.15, 0.2) is 0 Å². The predicted octanol–water partition coefficient (Wildman–Crippen LogP) is 2.26. The fraction of sp³-hybridized carbons (Fsp3) is 0.312. The molecule has 0 aliphatic rings. The maximum atomic E-state index is 12.5. The first-order valence-corrected chi connectivity index (χ1v) is 6.95. The third kappa shape index (κ3) is 3.56. The first-order valence-electron chi connectivity index (χ1n) is 6.95. The molecule has 2 aromatic rings. The van der Waals surface area contributed by atoms with E-state index in [4.69, 9.17) is 4.74 Å². The molecule has 0 saturated carbocycles. The lowest BCUT2D eigenvalue weighted by molar-refractivity contribution is -0.143. The zero-order valence-electron chi connectivity index (χ0n) is 12.2. The molecule has 5 nitrogen and oxygen atoms in total. The van der Waals surface area contributed by atoms with Gasteiger partial charge in [0.25, 0.3) is 5.91 Å². The highest BCUT2D eigenvalue weighted by molar-refractivity contribution is 5.99. The molecule has 1 amide bonds. The van der Waals surface area contributed by atoms with Gasteiger partial charge in [-0.15, -0.1) is 0 Å². The summed E-state index contributed by atoms with van der Waals surface area (Å²) in [5.41, 5.74) is 1.38. The summed E-state index contributed by atoms with van der Waals surface area (Å²) >= 11 is 0. The number of carbonyl (C=O) groups is 2. The molecule has 1 aromatic heterocycles. The number of carbonyl (C=O) groups excluding carboxylic acids is 2. The smallest absolute Gasteiger partial charge is 0.325 e. The van der Waals surface area contributed by atoms with Crippen LogP contribution in [0.15, 0.2) is 36.5 Å². The Balaban J connectivity index is 2.20. The van der Waals surface area contributed by atoms with E-state index in [9.17, 15) is 9.59 Å². The highest BCUT2D eigenvalue weighted by Crippen LogP contribution is 2.15. The molecular formula is C16H18N2O3. The van der Waals surface area contributed by atoms with E-state index in [1.165, 1.54) is 4.90 Å². The highest BCUT2D eigenvalue weighted by Gasteiger charge is 2.18. The maximum absolute atomic E-state index is 12.5. The molecule has 0 bridgehead atoms. The number of benzene rings is 1. The molecule has 110 valence electrons. The van der Waals surface area contributed by atoms with Gasteiger partial charge in [-0.2, -0.15) is 0 Å². The number of hydrogen-bond donors (Lipinski definition) is 0. The molecule has 0 spiro atoms. The number of rotatable bonds is 5. The van der Waals surface area contributed by atoms with Gasteiger partial charge in [-0.1, -0.05) is 6.07 Å². The Morgan fingerprint density at radius 2 is 2.05 bits per heavy atom. The predicted molar refractivity (Wildman–Crippen MR) is 80.0 cm³/mol. The minimum atomic E-state index is -0.393. The van der Waals surface area contributed by atoms with Gasteiger partial charge < -0.3 is 9.64 Å². The summed E-state index contributed by atoms with van der Waals surface area (Å²) in [4.78, 5) is 29.7. The molecule has 5 heteroatoms. The highest BCUT2D eigenvalue weighted by atomic mass is 16.5. The standard InChI is InChI=1S/C16H18N2O3/c1-3-18(11-15(19)21-4-2)16(20)13-7-8-14-12(10-13)6-5-9-17-14/h5-10H,3-4,11H2,1-2H3. The lowest BCUT2D eigenvalue weighted by Gasteiger charge is -2.19. The lowest BCUT2D eigenvalue weighted by Crippen LogP contribution is -2.36. The summed E-state index contributed by atoms with van der Waals surface area (Å²) in [6, 6.07) is 9.05. The first-order chi connectivity index (χ1) is 10.2. The molecule has 0 aliphatic heterocycles. The zero-order chi connectivity index (χ0) is 15.2. The number of esters is 1. The summed E-state index contributed by atoms with van der Waals surface area (Å²) in [7, 11) is 0. The van der Waals surface area contributed by atoms with Crippen LogP contribution in [0.3, 0.4) is 0 Å². The molecule has 0 fully saturated rings. The van der Waals surface area contributed by atoms with Gasteiger partial charge in [0.2, 0.25) is 0 Å².